The Kier molecular flexibility index (Phi) is 8.41. The molecule has 62 valence electrons. The van der Waals surface area contributed by atoms with Crippen LogP contribution in [0.1, 0.15) is 0 Å². The summed E-state index contributed by atoms with van der Waals surface area (Å²) in [6.45, 7) is 0.153. The fourth-order valence-corrected chi connectivity index (χ4v) is 1.22. The van der Waals surface area contributed by atoms with Gasteiger partial charge in [-0.05, 0) is 9.03 Å². The van der Waals surface area contributed by atoms with Crippen molar-refractivity contribution >= 4 is 26.1 Å². The molecule has 0 aromatic heterocycles. The van der Waals surface area contributed by atoms with E-state index in [1.807, 2.05) is 0 Å². The Morgan fingerprint density at radius 1 is 1.45 bits per heavy atom. The average Bonchev–Trinajstić information content (AvgIpc) is 1.96. The van der Waals surface area contributed by atoms with Gasteiger partial charge in [-0.15, -0.1) is 0 Å². The second-order valence-electron chi connectivity index (χ2n) is 1.27. The minimum atomic E-state index is -0.771. The van der Waals surface area contributed by atoms with Gasteiger partial charge in [0.25, 0.3) is 0 Å². The van der Waals surface area contributed by atoms with Gasteiger partial charge in [-0.3, -0.25) is 11.5 Å². The lowest BCUT2D eigenvalue weighted by Gasteiger charge is -2.01. The van der Waals surface area contributed by atoms with E-state index in [2.05, 4.69) is 22.8 Å². The molecule has 0 aromatic rings. The standard InChI is InChI=1S/C2H8N5OP3/c3-2(4)8-1-5-10-7-11-6-9/h2,9H,1,3-4H2. The normalized spacial score (nSPS) is 11.9. The van der Waals surface area contributed by atoms with Crippen LogP contribution in [0.15, 0.2) is 13.8 Å². The lowest BCUT2D eigenvalue weighted by atomic mass is 11.0. The van der Waals surface area contributed by atoms with E-state index in [9.17, 15) is 0 Å². The zero-order valence-corrected chi connectivity index (χ0v) is 8.37. The maximum Gasteiger partial charge on any atom is 0.163 e. The molecule has 0 saturated carbocycles. The van der Waals surface area contributed by atoms with E-state index in [1.54, 1.807) is 0 Å². The molecule has 6 nitrogen and oxygen atoms in total. The van der Waals surface area contributed by atoms with Crippen LogP contribution in [0.2, 0.25) is 0 Å². The summed E-state index contributed by atoms with van der Waals surface area (Å²) in [6, 6.07) is 0. The third-order valence-corrected chi connectivity index (χ3v) is 1.75. The van der Waals surface area contributed by atoms with Gasteiger partial charge in [0.2, 0.25) is 0 Å². The van der Waals surface area contributed by atoms with Crippen molar-refractivity contribution < 1.29 is 4.74 Å². The summed E-state index contributed by atoms with van der Waals surface area (Å²) in [5.41, 5.74) is 10.1. The number of nitrogens with two attached hydrogens (primary N) is 2. The van der Waals surface area contributed by atoms with Gasteiger partial charge in [-0.25, -0.2) is 4.74 Å². The van der Waals surface area contributed by atoms with Crippen LogP contribution in [-0.2, 0) is 4.74 Å². The Morgan fingerprint density at radius 2 is 2.18 bits per heavy atom. The van der Waals surface area contributed by atoms with Crippen molar-refractivity contribution in [2.75, 3.05) is 6.73 Å². The largest absolute Gasteiger partial charge is 0.328 e. The van der Waals surface area contributed by atoms with Crippen molar-refractivity contribution in [1.82, 2.24) is 0 Å². The molecule has 0 aromatic carbocycles. The van der Waals surface area contributed by atoms with Crippen LogP contribution in [0.3, 0.4) is 0 Å². The predicted octanol–water partition coefficient (Wildman–Crippen LogP) is 1.58. The number of hydrogen-bond donors (Lipinski definition) is 2. The molecule has 0 saturated heterocycles. The molecule has 4 N–H and O–H groups in total. The first kappa shape index (κ1) is 11.2. The molecule has 0 rings (SSSR count). The van der Waals surface area contributed by atoms with E-state index in [-0.39, 0.29) is 6.73 Å². The SMILES string of the molecule is NC(N)OC/N=P\N=P/N=P. The molecule has 0 heterocycles. The molecule has 0 atom stereocenters. The van der Waals surface area contributed by atoms with E-state index in [4.69, 9.17) is 16.2 Å². The van der Waals surface area contributed by atoms with E-state index in [0.717, 1.165) is 0 Å². The highest BCUT2D eigenvalue weighted by atomic mass is 31.1. The quantitative estimate of drug-likeness (QED) is 0.533. The molecule has 11 heavy (non-hydrogen) atoms. The van der Waals surface area contributed by atoms with Crippen molar-refractivity contribution in [3.05, 3.63) is 0 Å². The second kappa shape index (κ2) is 8.28. The highest BCUT2D eigenvalue weighted by Gasteiger charge is 1.87. The summed E-state index contributed by atoms with van der Waals surface area (Å²) in [4.78, 5) is 0. The van der Waals surface area contributed by atoms with Gasteiger partial charge in [0.1, 0.15) is 6.73 Å². The van der Waals surface area contributed by atoms with E-state index in [0.29, 0.717) is 17.0 Å². The van der Waals surface area contributed by atoms with Crippen LogP contribution in [-0.4, -0.2) is 13.1 Å². The van der Waals surface area contributed by atoms with Crippen LogP contribution < -0.4 is 11.5 Å². The monoisotopic (exact) mass is 211 g/mol. The summed E-state index contributed by atoms with van der Waals surface area (Å²) in [6.07, 6.45) is -0.771. The van der Waals surface area contributed by atoms with Crippen LogP contribution in [0.4, 0.5) is 0 Å². The second-order valence-corrected chi connectivity index (χ2v) is 3.43. The third kappa shape index (κ3) is 10.2. The minimum Gasteiger partial charge on any atom is -0.328 e. The topological polar surface area (TPSA) is 98.3 Å². The van der Waals surface area contributed by atoms with Crippen LogP contribution in [0.5, 0.6) is 0 Å². The van der Waals surface area contributed by atoms with Crippen LogP contribution in [0, 0.1) is 0 Å². The third-order valence-electron chi connectivity index (χ3n) is 0.513. The van der Waals surface area contributed by atoms with E-state index in [1.165, 1.54) is 0 Å². The van der Waals surface area contributed by atoms with Crippen molar-refractivity contribution in [2.45, 2.75) is 6.35 Å². The maximum atomic E-state index is 5.07. The Labute approximate surface area is 69.9 Å². The fraction of sp³-hybridized carbons (Fsp3) is 1.00. The smallest absolute Gasteiger partial charge is 0.163 e. The summed E-state index contributed by atoms with van der Waals surface area (Å²) in [5, 5.41) is 0. The van der Waals surface area contributed by atoms with Gasteiger partial charge in [0.15, 0.2) is 23.4 Å². The van der Waals surface area contributed by atoms with Gasteiger partial charge in [0, 0.05) is 0 Å². The molecular formula is C2H8N5OP3. The Morgan fingerprint density at radius 3 is 2.73 bits per heavy atom. The number of hydrogen-bond acceptors (Lipinski definition) is 4. The number of rotatable bonds is 5. The van der Waals surface area contributed by atoms with Gasteiger partial charge >= 0.3 is 0 Å². The highest BCUT2D eigenvalue weighted by Crippen LogP contribution is 2.13. The molecule has 0 aliphatic rings. The molecule has 0 unspecified atom stereocenters. The van der Waals surface area contributed by atoms with Crippen LogP contribution in [0.25, 0.3) is 0 Å². The Balaban J connectivity index is 3.30. The lowest BCUT2D eigenvalue weighted by Crippen LogP contribution is -2.33. The number of nitrogens with zero attached hydrogens (tertiary/aromatic N) is 3. The minimum absolute atomic E-state index is 0.153. The lowest BCUT2D eigenvalue weighted by molar-refractivity contribution is 0.0695. The maximum absolute atomic E-state index is 5.07. The molecule has 0 radical (unpaired) electrons. The molecule has 0 aliphatic carbocycles. The molecule has 0 spiro atoms. The van der Waals surface area contributed by atoms with Gasteiger partial charge in [-0.1, -0.05) is 0 Å². The van der Waals surface area contributed by atoms with Gasteiger partial charge in [0.05, 0.1) is 0 Å². The van der Waals surface area contributed by atoms with Crippen LogP contribution >= 0.6 is 26.1 Å². The van der Waals surface area contributed by atoms with Crippen molar-refractivity contribution in [3.63, 3.8) is 0 Å². The fourth-order valence-electron chi connectivity index (χ4n) is 0.211. The first-order chi connectivity index (χ1) is 5.27. The Bertz CT molecular complexity index is 158. The molecule has 0 aliphatic heterocycles. The van der Waals surface area contributed by atoms with Gasteiger partial charge in [-0.2, -0.15) is 9.03 Å². The molecule has 0 bridgehead atoms. The molecule has 9 heteroatoms. The predicted molar refractivity (Wildman–Crippen MR) is 47.6 cm³/mol. The molecule has 0 amide bonds. The van der Waals surface area contributed by atoms with Crippen molar-refractivity contribution in [2.24, 2.45) is 25.2 Å². The summed E-state index contributed by atoms with van der Waals surface area (Å²) in [7, 11) is 4.03. The highest BCUT2D eigenvalue weighted by molar-refractivity contribution is 7.40. The van der Waals surface area contributed by atoms with E-state index < -0.39 is 6.35 Å². The first-order valence-electron chi connectivity index (χ1n) is 2.53. The van der Waals surface area contributed by atoms with Gasteiger partial charge < -0.3 is 4.74 Å². The summed E-state index contributed by atoms with van der Waals surface area (Å²) < 4.78 is 15.8. The van der Waals surface area contributed by atoms with Crippen molar-refractivity contribution in [3.8, 4) is 0 Å². The zero-order valence-electron chi connectivity index (χ0n) is 5.58. The summed E-state index contributed by atoms with van der Waals surface area (Å²) in [5.74, 6) is 0. The van der Waals surface area contributed by atoms with E-state index >= 15 is 0 Å². The molecule has 0 fully saturated rings. The summed E-state index contributed by atoms with van der Waals surface area (Å²) >= 11 is 0. The van der Waals surface area contributed by atoms with Crippen molar-refractivity contribution in [1.29, 1.82) is 0 Å². The zero-order chi connectivity index (χ0) is 8.53. The molecular weight excluding hydrogens is 203 g/mol. The number of ether oxygens (including phenoxy) is 1. The Hall–Kier alpha value is 0.180. The first-order valence-corrected chi connectivity index (χ1v) is 4.58. The average molecular weight is 211 g/mol.